The molecule has 0 saturated heterocycles. The zero-order valence-corrected chi connectivity index (χ0v) is 11.2. The number of aromatic nitrogens is 2. The summed E-state index contributed by atoms with van der Waals surface area (Å²) in [6.45, 7) is 6.67. The van der Waals surface area contributed by atoms with E-state index in [1.807, 2.05) is 6.92 Å². The zero-order chi connectivity index (χ0) is 13.1. The summed E-state index contributed by atoms with van der Waals surface area (Å²) in [5.41, 5.74) is 11.2. The maximum Gasteiger partial charge on any atom is 0.159 e. The van der Waals surface area contributed by atoms with Crippen molar-refractivity contribution in [2.24, 2.45) is 5.73 Å². The second-order valence-electron chi connectivity index (χ2n) is 4.48. The molecule has 0 aliphatic rings. The van der Waals surface area contributed by atoms with Crippen LogP contribution >= 0.6 is 0 Å². The quantitative estimate of drug-likeness (QED) is 0.899. The Balaban J connectivity index is 2.52. The number of benzene rings is 1. The first-order valence-corrected chi connectivity index (χ1v) is 6.29. The van der Waals surface area contributed by atoms with Gasteiger partial charge in [-0.3, -0.25) is 0 Å². The van der Waals surface area contributed by atoms with Gasteiger partial charge in [-0.1, -0.05) is 36.8 Å². The van der Waals surface area contributed by atoms with Crippen molar-refractivity contribution in [2.45, 2.75) is 33.7 Å². The Kier molecular flexibility index (Phi) is 3.72. The van der Waals surface area contributed by atoms with E-state index in [4.69, 9.17) is 5.73 Å². The van der Waals surface area contributed by atoms with Crippen LogP contribution in [0.4, 0.5) is 0 Å². The molecule has 2 aromatic rings. The number of nitrogens with zero attached hydrogens (tertiary/aromatic N) is 2. The second kappa shape index (κ2) is 5.27. The Bertz CT molecular complexity index is 544. The summed E-state index contributed by atoms with van der Waals surface area (Å²) in [4.78, 5) is 9.17. The second-order valence-corrected chi connectivity index (χ2v) is 4.48. The van der Waals surface area contributed by atoms with Crippen molar-refractivity contribution in [1.82, 2.24) is 9.97 Å². The van der Waals surface area contributed by atoms with E-state index >= 15 is 0 Å². The number of nitrogens with two attached hydrogens (primary N) is 1. The third-order valence-electron chi connectivity index (χ3n) is 3.16. The number of aryl methyl sites for hydroxylation is 2. The van der Waals surface area contributed by atoms with Crippen LogP contribution < -0.4 is 5.73 Å². The zero-order valence-electron chi connectivity index (χ0n) is 11.2. The third-order valence-corrected chi connectivity index (χ3v) is 3.16. The number of hydrogen-bond acceptors (Lipinski definition) is 3. The maximum atomic E-state index is 5.78. The molecule has 18 heavy (non-hydrogen) atoms. The van der Waals surface area contributed by atoms with Gasteiger partial charge in [0.2, 0.25) is 0 Å². The molecule has 0 unspecified atom stereocenters. The molecule has 2 rings (SSSR count). The van der Waals surface area contributed by atoms with E-state index in [1.165, 1.54) is 11.1 Å². The van der Waals surface area contributed by atoms with Gasteiger partial charge in [0, 0.05) is 17.8 Å². The molecule has 0 atom stereocenters. The predicted octanol–water partition coefficient (Wildman–Crippen LogP) is 2.78. The van der Waals surface area contributed by atoms with Crippen LogP contribution in [0, 0.1) is 13.8 Å². The minimum atomic E-state index is 0.464. The Hall–Kier alpha value is -1.74. The van der Waals surface area contributed by atoms with Crippen LogP contribution in [0.1, 0.15) is 29.4 Å². The van der Waals surface area contributed by atoms with Crippen molar-refractivity contribution in [3.63, 3.8) is 0 Å². The minimum Gasteiger partial charge on any atom is -0.325 e. The molecule has 0 radical (unpaired) electrons. The lowest BCUT2D eigenvalue weighted by Crippen LogP contribution is -2.09. The topological polar surface area (TPSA) is 51.8 Å². The van der Waals surface area contributed by atoms with E-state index in [0.29, 0.717) is 6.54 Å². The van der Waals surface area contributed by atoms with Crippen LogP contribution in [-0.2, 0) is 13.0 Å². The summed E-state index contributed by atoms with van der Waals surface area (Å²) in [5, 5.41) is 0. The van der Waals surface area contributed by atoms with Gasteiger partial charge < -0.3 is 5.73 Å². The highest BCUT2D eigenvalue weighted by atomic mass is 14.9. The number of rotatable bonds is 3. The van der Waals surface area contributed by atoms with Crippen LogP contribution in [0.5, 0.6) is 0 Å². The van der Waals surface area contributed by atoms with E-state index in [0.717, 1.165) is 29.2 Å². The van der Waals surface area contributed by atoms with Crippen molar-refractivity contribution in [2.75, 3.05) is 0 Å². The van der Waals surface area contributed by atoms with Crippen LogP contribution in [0.15, 0.2) is 24.3 Å². The Morgan fingerprint density at radius 3 is 2.28 bits per heavy atom. The molecule has 0 aliphatic heterocycles. The molecule has 2 N–H and O–H groups in total. The van der Waals surface area contributed by atoms with Gasteiger partial charge in [0.25, 0.3) is 0 Å². The van der Waals surface area contributed by atoms with E-state index in [-0.39, 0.29) is 0 Å². The first-order valence-electron chi connectivity index (χ1n) is 6.29. The molecule has 1 heterocycles. The number of hydrogen-bond donors (Lipinski definition) is 1. The lowest BCUT2D eigenvalue weighted by molar-refractivity contribution is 0.891. The first kappa shape index (κ1) is 12.7. The molecule has 0 aliphatic carbocycles. The van der Waals surface area contributed by atoms with Crippen molar-refractivity contribution in [3.8, 4) is 11.4 Å². The molecule has 0 fully saturated rings. The van der Waals surface area contributed by atoms with Crippen molar-refractivity contribution in [3.05, 3.63) is 46.8 Å². The molecule has 0 spiro atoms. The third kappa shape index (κ3) is 2.41. The fraction of sp³-hybridized carbons (Fsp3) is 0.333. The van der Waals surface area contributed by atoms with E-state index < -0.39 is 0 Å². The van der Waals surface area contributed by atoms with E-state index in [9.17, 15) is 0 Å². The Labute approximate surface area is 108 Å². The molecule has 0 saturated carbocycles. The fourth-order valence-electron chi connectivity index (χ4n) is 2.12. The normalized spacial score (nSPS) is 10.7. The molecule has 94 valence electrons. The largest absolute Gasteiger partial charge is 0.325 e. The van der Waals surface area contributed by atoms with Crippen LogP contribution in [0.3, 0.4) is 0 Å². The monoisotopic (exact) mass is 241 g/mol. The van der Waals surface area contributed by atoms with Crippen molar-refractivity contribution < 1.29 is 0 Å². The van der Waals surface area contributed by atoms with Crippen LogP contribution in [0.25, 0.3) is 11.4 Å². The molecule has 0 bridgehead atoms. The van der Waals surface area contributed by atoms with Crippen LogP contribution in [-0.4, -0.2) is 9.97 Å². The summed E-state index contributed by atoms with van der Waals surface area (Å²) < 4.78 is 0. The van der Waals surface area contributed by atoms with Gasteiger partial charge in [-0.25, -0.2) is 9.97 Å². The summed E-state index contributed by atoms with van der Waals surface area (Å²) in [6, 6.07) is 8.25. The highest BCUT2D eigenvalue weighted by molar-refractivity contribution is 5.56. The SMILES string of the molecule is CCc1c(C)nc(-c2ccc(C)cc2)nc1CN. The van der Waals surface area contributed by atoms with Gasteiger partial charge in [0.1, 0.15) is 0 Å². The van der Waals surface area contributed by atoms with Gasteiger partial charge in [-0.05, 0) is 25.8 Å². The van der Waals surface area contributed by atoms with Crippen molar-refractivity contribution >= 4 is 0 Å². The average Bonchev–Trinajstić information content (AvgIpc) is 2.38. The highest BCUT2D eigenvalue weighted by Crippen LogP contribution is 2.19. The molecular weight excluding hydrogens is 222 g/mol. The smallest absolute Gasteiger partial charge is 0.159 e. The summed E-state index contributed by atoms with van der Waals surface area (Å²) in [5.74, 6) is 0.769. The molecular formula is C15H19N3. The minimum absolute atomic E-state index is 0.464. The maximum absolute atomic E-state index is 5.78. The lowest BCUT2D eigenvalue weighted by Gasteiger charge is -2.11. The van der Waals surface area contributed by atoms with E-state index in [2.05, 4.69) is 48.1 Å². The fourth-order valence-corrected chi connectivity index (χ4v) is 2.12. The standard InChI is InChI=1S/C15H19N3/c1-4-13-11(3)17-15(18-14(13)9-16)12-7-5-10(2)6-8-12/h5-8H,4,9,16H2,1-3H3. The van der Waals surface area contributed by atoms with Gasteiger partial charge in [0.05, 0.1) is 5.69 Å². The highest BCUT2D eigenvalue weighted by Gasteiger charge is 2.10. The Morgan fingerprint density at radius 1 is 1.06 bits per heavy atom. The van der Waals surface area contributed by atoms with E-state index in [1.54, 1.807) is 0 Å². The molecule has 0 amide bonds. The summed E-state index contributed by atoms with van der Waals surface area (Å²) >= 11 is 0. The first-order chi connectivity index (χ1) is 8.65. The predicted molar refractivity (Wildman–Crippen MR) is 74.2 cm³/mol. The van der Waals surface area contributed by atoms with Gasteiger partial charge >= 0.3 is 0 Å². The molecule has 3 nitrogen and oxygen atoms in total. The Morgan fingerprint density at radius 2 is 1.72 bits per heavy atom. The summed E-state index contributed by atoms with van der Waals surface area (Å²) in [7, 11) is 0. The van der Waals surface area contributed by atoms with Gasteiger partial charge in [-0.2, -0.15) is 0 Å². The van der Waals surface area contributed by atoms with Crippen LogP contribution in [0.2, 0.25) is 0 Å². The molecule has 1 aromatic carbocycles. The van der Waals surface area contributed by atoms with Crippen molar-refractivity contribution in [1.29, 1.82) is 0 Å². The summed E-state index contributed by atoms with van der Waals surface area (Å²) in [6.07, 6.45) is 0.923. The van der Waals surface area contributed by atoms with Gasteiger partial charge in [-0.15, -0.1) is 0 Å². The lowest BCUT2D eigenvalue weighted by atomic mass is 10.1. The molecule has 1 aromatic heterocycles. The van der Waals surface area contributed by atoms with Gasteiger partial charge in [0.15, 0.2) is 5.82 Å². The molecule has 3 heteroatoms. The average molecular weight is 241 g/mol.